The van der Waals surface area contributed by atoms with E-state index in [1.807, 2.05) is 0 Å². The number of terminal acetylenes is 1. The van der Waals surface area contributed by atoms with Gasteiger partial charge in [-0.15, -0.1) is 6.42 Å². The highest BCUT2D eigenvalue weighted by Gasteiger charge is 2.06. The lowest BCUT2D eigenvalue weighted by Crippen LogP contribution is -2.00. The third kappa shape index (κ3) is 4.58. The summed E-state index contributed by atoms with van der Waals surface area (Å²) in [6.45, 7) is -2.39. The van der Waals surface area contributed by atoms with Crippen LogP contribution in [0.2, 0.25) is 0 Å². The van der Waals surface area contributed by atoms with E-state index in [9.17, 15) is 0 Å². The zero-order chi connectivity index (χ0) is 7.33. The zero-order valence-corrected chi connectivity index (χ0v) is 6.74. The van der Waals surface area contributed by atoms with Gasteiger partial charge in [0.1, 0.15) is 6.61 Å². The summed E-state index contributed by atoms with van der Waals surface area (Å²) in [5, 5.41) is 0. The maximum Gasteiger partial charge on any atom is 0.259 e. The molecule has 1 unspecified atom stereocenters. The highest BCUT2D eigenvalue weighted by molar-refractivity contribution is 8.08. The van der Waals surface area contributed by atoms with Crippen LogP contribution >= 0.6 is 6.64 Å². The summed E-state index contributed by atoms with van der Waals surface area (Å²) in [7, 11) is 1.40. The molecule has 0 aliphatic rings. The van der Waals surface area contributed by atoms with Crippen LogP contribution in [0.15, 0.2) is 0 Å². The Labute approximate surface area is 59.7 Å². The third-order valence-electron chi connectivity index (χ3n) is 0.582. The summed E-state index contributed by atoms with van der Waals surface area (Å²) in [5.41, 5.74) is 5.29. The SMILES string of the molecule is C#CCOP(N)(=S)OC. The van der Waals surface area contributed by atoms with Gasteiger partial charge in [-0.05, 0) is 11.8 Å². The van der Waals surface area contributed by atoms with Crippen molar-refractivity contribution < 1.29 is 9.05 Å². The molecule has 0 aliphatic carbocycles. The van der Waals surface area contributed by atoms with Crippen LogP contribution in [0.25, 0.3) is 0 Å². The Bertz CT molecular complexity index is 164. The van der Waals surface area contributed by atoms with Crippen LogP contribution in [0.1, 0.15) is 0 Å². The monoisotopic (exact) mass is 165 g/mol. The van der Waals surface area contributed by atoms with E-state index in [2.05, 4.69) is 22.3 Å². The fraction of sp³-hybridized carbons (Fsp3) is 0.500. The van der Waals surface area contributed by atoms with Gasteiger partial charge in [-0.3, -0.25) is 5.50 Å². The molecule has 0 aliphatic heterocycles. The molecule has 0 fully saturated rings. The van der Waals surface area contributed by atoms with Gasteiger partial charge in [0, 0.05) is 7.11 Å². The largest absolute Gasteiger partial charge is 0.321 e. The van der Waals surface area contributed by atoms with Crippen molar-refractivity contribution in [3.05, 3.63) is 0 Å². The molecule has 3 nitrogen and oxygen atoms in total. The molecule has 0 saturated heterocycles. The third-order valence-corrected chi connectivity index (χ3v) is 2.34. The molecule has 0 aromatic carbocycles. The molecule has 0 radical (unpaired) electrons. The summed E-state index contributed by atoms with van der Waals surface area (Å²) >= 11 is 4.66. The number of nitrogens with two attached hydrogens (primary N) is 1. The molecule has 5 heteroatoms. The van der Waals surface area contributed by atoms with Crippen molar-refractivity contribution >= 4 is 18.4 Å². The molecule has 0 aromatic heterocycles. The molecular weight excluding hydrogens is 157 g/mol. The molecule has 0 bridgehead atoms. The Morgan fingerprint density at radius 2 is 2.44 bits per heavy atom. The lowest BCUT2D eigenvalue weighted by atomic mass is 10.8. The topological polar surface area (TPSA) is 44.5 Å². The van der Waals surface area contributed by atoms with Crippen LogP contribution < -0.4 is 5.50 Å². The van der Waals surface area contributed by atoms with Crippen molar-refractivity contribution in [2.75, 3.05) is 13.7 Å². The molecular formula is C4H8NO2PS. The summed E-state index contributed by atoms with van der Waals surface area (Å²) in [6.07, 6.45) is 4.88. The second-order valence-electron chi connectivity index (χ2n) is 1.20. The molecule has 0 amide bonds. The standard InChI is InChI=1S/C4H8NO2PS/c1-3-4-7-8(5,9)6-2/h1H,4H2,2H3,(H2,5,9). The summed E-state index contributed by atoms with van der Waals surface area (Å²) in [4.78, 5) is 0. The molecule has 52 valence electrons. The van der Waals surface area contributed by atoms with Gasteiger partial charge < -0.3 is 9.05 Å². The quantitative estimate of drug-likeness (QED) is 0.487. The lowest BCUT2D eigenvalue weighted by Gasteiger charge is -2.11. The predicted molar refractivity (Wildman–Crippen MR) is 40.3 cm³/mol. The van der Waals surface area contributed by atoms with Crippen molar-refractivity contribution in [2.24, 2.45) is 5.50 Å². The first kappa shape index (κ1) is 9.09. The minimum atomic E-state index is -2.50. The van der Waals surface area contributed by atoms with Gasteiger partial charge in [0.15, 0.2) is 0 Å². The normalized spacial score (nSPS) is 16.1. The van der Waals surface area contributed by atoms with Crippen LogP contribution in [-0.4, -0.2) is 13.7 Å². The Morgan fingerprint density at radius 1 is 1.89 bits per heavy atom. The van der Waals surface area contributed by atoms with Gasteiger partial charge in [-0.2, -0.15) is 0 Å². The first-order valence-corrected chi connectivity index (χ1v) is 4.85. The van der Waals surface area contributed by atoms with Crippen LogP contribution in [0.5, 0.6) is 0 Å². The number of hydrogen-bond donors (Lipinski definition) is 1. The van der Waals surface area contributed by atoms with Crippen molar-refractivity contribution in [1.82, 2.24) is 0 Å². The highest BCUT2D eigenvalue weighted by Crippen LogP contribution is 2.37. The van der Waals surface area contributed by atoms with E-state index in [0.29, 0.717) is 0 Å². The first-order chi connectivity index (χ1) is 4.12. The molecule has 2 N–H and O–H groups in total. The van der Waals surface area contributed by atoms with Crippen molar-refractivity contribution in [3.63, 3.8) is 0 Å². The minimum Gasteiger partial charge on any atom is -0.321 e. The van der Waals surface area contributed by atoms with E-state index < -0.39 is 6.64 Å². The van der Waals surface area contributed by atoms with E-state index in [0.717, 1.165) is 0 Å². The number of rotatable bonds is 3. The molecule has 0 heterocycles. The molecule has 1 atom stereocenters. The predicted octanol–water partition coefficient (Wildman–Crippen LogP) is 0.466. The molecule has 0 saturated carbocycles. The average Bonchev–Trinajstić information content (AvgIpc) is 1.84. The Hall–Kier alpha value is 0.0900. The second-order valence-corrected chi connectivity index (χ2v) is 4.43. The van der Waals surface area contributed by atoms with Crippen molar-refractivity contribution in [1.29, 1.82) is 0 Å². The summed E-state index contributed by atoms with van der Waals surface area (Å²) in [6, 6.07) is 0. The summed E-state index contributed by atoms with van der Waals surface area (Å²) in [5.74, 6) is 2.24. The van der Waals surface area contributed by atoms with E-state index >= 15 is 0 Å². The van der Waals surface area contributed by atoms with Crippen molar-refractivity contribution in [3.8, 4) is 12.3 Å². The van der Waals surface area contributed by atoms with Gasteiger partial charge in [-0.1, -0.05) is 5.92 Å². The Kier molecular flexibility index (Phi) is 4.03. The maximum absolute atomic E-state index is 5.29. The zero-order valence-electron chi connectivity index (χ0n) is 5.03. The van der Waals surface area contributed by atoms with Crippen LogP contribution in [0.3, 0.4) is 0 Å². The van der Waals surface area contributed by atoms with Gasteiger partial charge in [0.25, 0.3) is 6.64 Å². The minimum absolute atomic E-state index is 0.113. The molecule has 0 rings (SSSR count). The Balaban J connectivity index is 3.63. The van der Waals surface area contributed by atoms with E-state index in [-0.39, 0.29) is 6.61 Å². The fourth-order valence-electron chi connectivity index (χ4n) is 0.180. The van der Waals surface area contributed by atoms with Gasteiger partial charge in [-0.25, -0.2) is 0 Å². The van der Waals surface area contributed by atoms with Crippen LogP contribution in [0, 0.1) is 12.3 Å². The lowest BCUT2D eigenvalue weighted by molar-refractivity contribution is 0.314. The van der Waals surface area contributed by atoms with Crippen LogP contribution in [-0.2, 0) is 20.9 Å². The fourth-order valence-corrected chi connectivity index (χ4v) is 0.698. The molecule has 9 heavy (non-hydrogen) atoms. The molecule has 0 aromatic rings. The van der Waals surface area contributed by atoms with Gasteiger partial charge >= 0.3 is 0 Å². The maximum atomic E-state index is 5.29. The van der Waals surface area contributed by atoms with Gasteiger partial charge in [0.05, 0.1) is 0 Å². The molecule has 0 spiro atoms. The Morgan fingerprint density at radius 3 is 2.78 bits per heavy atom. The highest BCUT2D eigenvalue weighted by atomic mass is 32.5. The summed E-state index contributed by atoms with van der Waals surface area (Å²) < 4.78 is 9.40. The first-order valence-electron chi connectivity index (χ1n) is 2.15. The van der Waals surface area contributed by atoms with E-state index in [1.54, 1.807) is 0 Å². The van der Waals surface area contributed by atoms with E-state index in [1.165, 1.54) is 7.11 Å². The van der Waals surface area contributed by atoms with E-state index in [4.69, 9.17) is 16.5 Å². The average molecular weight is 165 g/mol. The second kappa shape index (κ2) is 3.99. The number of hydrogen-bond acceptors (Lipinski definition) is 3. The van der Waals surface area contributed by atoms with Crippen LogP contribution in [0.4, 0.5) is 0 Å². The van der Waals surface area contributed by atoms with Crippen molar-refractivity contribution in [2.45, 2.75) is 0 Å². The van der Waals surface area contributed by atoms with Gasteiger partial charge in [0.2, 0.25) is 0 Å². The smallest absolute Gasteiger partial charge is 0.259 e.